The van der Waals surface area contributed by atoms with Crippen molar-refractivity contribution in [1.29, 1.82) is 0 Å². The molecule has 1 heterocycles. The number of hydrogen-bond acceptors (Lipinski definition) is 4. The van der Waals surface area contributed by atoms with Crippen LogP contribution in [0.5, 0.6) is 0 Å². The molecule has 0 bridgehead atoms. The maximum atomic E-state index is 8.12. The van der Waals surface area contributed by atoms with E-state index in [2.05, 4.69) is 4.89 Å². The highest BCUT2D eigenvalue weighted by molar-refractivity contribution is 4.75. The lowest BCUT2D eigenvalue weighted by Gasteiger charge is -2.15. The molecule has 4 heteroatoms. The molecule has 0 aromatic carbocycles. The second-order valence-corrected chi connectivity index (χ2v) is 1.96. The van der Waals surface area contributed by atoms with Gasteiger partial charge in [0.05, 0.1) is 13.2 Å². The van der Waals surface area contributed by atoms with Crippen molar-refractivity contribution in [2.45, 2.75) is 12.1 Å². The van der Waals surface area contributed by atoms with E-state index in [9.17, 15) is 0 Å². The predicted molar refractivity (Wildman–Crippen MR) is 26.1 cm³/mol. The highest BCUT2D eigenvalue weighted by Crippen LogP contribution is 2.14. The Morgan fingerprint density at radius 2 is 2.50 bits per heavy atom. The summed E-state index contributed by atoms with van der Waals surface area (Å²) in [7, 11) is 0. The van der Waals surface area contributed by atoms with Crippen LogP contribution in [0.3, 0.4) is 0 Å². The first-order chi connectivity index (χ1) is 3.77. The van der Waals surface area contributed by atoms with E-state index >= 15 is 0 Å². The third kappa shape index (κ3) is 0.976. The van der Waals surface area contributed by atoms with E-state index in [0.29, 0.717) is 13.0 Å². The van der Waals surface area contributed by atoms with Crippen LogP contribution >= 0.6 is 0 Å². The summed E-state index contributed by atoms with van der Waals surface area (Å²) in [6, 6.07) is 0. The van der Waals surface area contributed by atoms with Crippen molar-refractivity contribution < 1.29 is 14.9 Å². The minimum atomic E-state index is -0.931. The smallest absolute Gasteiger partial charge is 0.177 e. The molecule has 0 saturated carbocycles. The highest BCUT2D eigenvalue weighted by atomic mass is 17.1. The predicted octanol–water partition coefficient (Wildman–Crippen LogP) is -0.449. The Balaban J connectivity index is 2.40. The van der Waals surface area contributed by atoms with Crippen molar-refractivity contribution >= 4 is 0 Å². The zero-order valence-corrected chi connectivity index (χ0v) is 4.46. The average molecular weight is 119 g/mol. The first-order valence-electron chi connectivity index (χ1n) is 2.46. The van der Waals surface area contributed by atoms with E-state index in [4.69, 9.17) is 15.7 Å². The monoisotopic (exact) mass is 119 g/mol. The summed E-state index contributed by atoms with van der Waals surface area (Å²) in [5.41, 5.74) is 4.43. The number of hydrogen-bond donors (Lipinski definition) is 2. The molecular formula is C4H9NO3. The molecule has 1 saturated heterocycles. The Labute approximate surface area is 47.1 Å². The van der Waals surface area contributed by atoms with Crippen molar-refractivity contribution in [2.24, 2.45) is 5.73 Å². The second-order valence-electron chi connectivity index (χ2n) is 1.96. The standard InChI is InChI=1S/C4H9NO3/c5-4(8-6)1-2-7-3-4/h6H,1-3,5H2/t4-/m0/s1. The van der Waals surface area contributed by atoms with Gasteiger partial charge in [-0.25, -0.2) is 10.1 Å². The molecular weight excluding hydrogens is 110 g/mol. The van der Waals surface area contributed by atoms with Crippen LogP contribution in [0.15, 0.2) is 0 Å². The van der Waals surface area contributed by atoms with E-state index < -0.39 is 5.72 Å². The summed E-state index contributed by atoms with van der Waals surface area (Å²) in [5, 5.41) is 8.12. The van der Waals surface area contributed by atoms with Crippen LogP contribution in [0.2, 0.25) is 0 Å². The van der Waals surface area contributed by atoms with Gasteiger partial charge in [0.15, 0.2) is 5.72 Å². The van der Waals surface area contributed by atoms with Crippen LogP contribution in [0, 0.1) is 0 Å². The molecule has 4 nitrogen and oxygen atoms in total. The van der Waals surface area contributed by atoms with Crippen LogP contribution in [0.25, 0.3) is 0 Å². The van der Waals surface area contributed by atoms with Crippen molar-refractivity contribution in [1.82, 2.24) is 0 Å². The SMILES string of the molecule is N[C@]1(OO)CCOC1. The topological polar surface area (TPSA) is 64.7 Å². The molecule has 0 radical (unpaired) electrons. The summed E-state index contributed by atoms with van der Waals surface area (Å²) in [6.07, 6.45) is 0.559. The van der Waals surface area contributed by atoms with Gasteiger partial charge in [-0.2, -0.15) is 0 Å². The molecule has 0 aromatic heterocycles. The van der Waals surface area contributed by atoms with Crippen molar-refractivity contribution in [2.75, 3.05) is 13.2 Å². The number of ether oxygens (including phenoxy) is 1. The van der Waals surface area contributed by atoms with E-state index in [1.54, 1.807) is 0 Å². The van der Waals surface area contributed by atoms with Crippen LogP contribution in [-0.2, 0) is 9.62 Å². The minimum absolute atomic E-state index is 0.281. The third-order valence-corrected chi connectivity index (χ3v) is 1.20. The van der Waals surface area contributed by atoms with Crippen LogP contribution < -0.4 is 5.73 Å². The molecule has 0 amide bonds. The Morgan fingerprint density at radius 1 is 1.75 bits per heavy atom. The quantitative estimate of drug-likeness (QED) is 0.279. The van der Waals surface area contributed by atoms with Gasteiger partial charge in [0.1, 0.15) is 0 Å². The second kappa shape index (κ2) is 1.99. The van der Waals surface area contributed by atoms with Gasteiger partial charge in [-0.1, -0.05) is 0 Å². The fraction of sp³-hybridized carbons (Fsp3) is 1.00. The van der Waals surface area contributed by atoms with Gasteiger partial charge in [0.25, 0.3) is 0 Å². The Morgan fingerprint density at radius 3 is 2.75 bits per heavy atom. The summed E-state index contributed by atoms with van der Waals surface area (Å²) in [6.45, 7) is 0.848. The van der Waals surface area contributed by atoms with E-state index in [1.165, 1.54) is 0 Å². The first kappa shape index (κ1) is 5.97. The van der Waals surface area contributed by atoms with E-state index in [1.807, 2.05) is 0 Å². The highest BCUT2D eigenvalue weighted by Gasteiger charge is 2.31. The number of rotatable bonds is 1. The first-order valence-corrected chi connectivity index (χ1v) is 2.46. The van der Waals surface area contributed by atoms with Crippen LogP contribution in [0.4, 0.5) is 0 Å². The summed E-state index contributed by atoms with van der Waals surface area (Å²) in [5.74, 6) is 0. The molecule has 0 spiro atoms. The molecule has 0 aliphatic carbocycles. The van der Waals surface area contributed by atoms with Gasteiger partial charge in [-0.05, 0) is 0 Å². The molecule has 3 N–H and O–H groups in total. The Kier molecular flexibility index (Phi) is 1.48. The van der Waals surface area contributed by atoms with Gasteiger partial charge in [-0.15, -0.1) is 0 Å². The average Bonchev–Trinajstić information content (AvgIpc) is 2.17. The zero-order chi connectivity index (χ0) is 6.04. The van der Waals surface area contributed by atoms with Crippen molar-refractivity contribution in [3.63, 3.8) is 0 Å². The van der Waals surface area contributed by atoms with Gasteiger partial charge in [-0.3, -0.25) is 5.73 Å². The minimum Gasteiger partial charge on any atom is -0.377 e. The molecule has 0 unspecified atom stereocenters. The number of nitrogens with two attached hydrogens (primary N) is 1. The molecule has 1 atom stereocenters. The van der Waals surface area contributed by atoms with Gasteiger partial charge >= 0.3 is 0 Å². The van der Waals surface area contributed by atoms with Gasteiger partial charge in [0, 0.05) is 6.42 Å². The molecule has 1 rings (SSSR count). The lowest BCUT2D eigenvalue weighted by molar-refractivity contribution is -0.319. The molecule has 1 aliphatic rings. The van der Waals surface area contributed by atoms with Crippen molar-refractivity contribution in [3.05, 3.63) is 0 Å². The maximum absolute atomic E-state index is 8.12. The molecule has 48 valence electrons. The molecule has 1 aliphatic heterocycles. The molecule has 0 aromatic rings. The van der Waals surface area contributed by atoms with Gasteiger partial charge < -0.3 is 4.74 Å². The van der Waals surface area contributed by atoms with E-state index in [-0.39, 0.29) is 6.61 Å². The van der Waals surface area contributed by atoms with Gasteiger partial charge in [0.2, 0.25) is 0 Å². The normalized spacial score (nSPS) is 38.2. The Bertz CT molecular complexity index is 79.4. The zero-order valence-electron chi connectivity index (χ0n) is 4.46. The maximum Gasteiger partial charge on any atom is 0.177 e. The fourth-order valence-corrected chi connectivity index (χ4v) is 0.634. The van der Waals surface area contributed by atoms with E-state index in [0.717, 1.165) is 0 Å². The fourth-order valence-electron chi connectivity index (χ4n) is 0.634. The largest absolute Gasteiger partial charge is 0.377 e. The van der Waals surface area contributed by atoms with Crippen molar-refractivity contribution in [3.8, 4) is 0 Å². The molecule has 1 fully saturated rings. The third-order valence-electron chi connectivity index (χ3n) is 1.20. The lowest BCUT2D eigenvalue weighted by Crippen LogP contribution is -2.42. The summed E-state index contributed by atoms with van der Waals surface area (Å²) < 4.78 is 4.84. The molecule has 8 heavy (non-hydrogen) atoms. The summed E-state index contributed by atoms with van der Waals surface area (Å²) >= 11 is 0. The Hall–Kier alpha value is -0.160. The lowest BCUT2D eigenvalue weighted by atomic mass is 10.2. The van der Waals surface area contributed by atoms with Crippen LogP contribution in [0.1, 0.15) is 6.42 Å². The summed E-state index contributed by atoms with van der Waals surface area (Å²) in [4.78, 5) is 3.95. The van der Waals surface area contributed by atoms with Crippen LogP contribution in [-0.4, -0.2) is 24.2 Å².